The summed E-state index contributed by atoms with van der Waals surface area (Å²) in [6.07, 6.45) is 30.6. The maximum absolute atomic E-state index is 2.47. The van der Waals surface area contributed by atoms with Crippen molar-refractivity contribution in [3.63, 3.8) is 0 Å². The number of rotatable bonds is 16. The molecule has 0 saturated carbocycles. The number of nitrogens with zero attached hydrogens (tertiary/aromatic N) is 1. The van der Waals surface area contributed by atoms with Crippen molar-refractivity contribution in [2.24, 2.45) is 0 Å². The predicted octanol–water partition coefficient (Wildman–Crippen LogP) is 7.78. The maximum Gasteiger partial charge on any atom is 0.112 e. The van der Waals surface area contributed by atoms with E-state index in [1.165, 1.54) is 103 Å². The van der Waals surface area contributed by atoms with Crippen molar-refractivity contribution in [3.05, 3.63) is 24.4 Å². The fraction of sp³-hybridized carbons (Fsp3) is 0.833. The Kier molecular flexibility index (Phi) is 13.1. The predicted molar refractivity (Wildman–Crippen MR) is 114 cm³/mol. The number of allylic oxidation sites excluding steroid dienone is 2. The van der Waals surface area contributed by atoms with Gasteiger partial charge in [0.15, 0.2) is 0 Å². The van der Waals surface area contributed by atoms with Crippen LogP contribution in [0.1, 0.15) is 110 Å². The topological polar surface area (TPSA) is 0 Å². The summed E-state index contributed by atoms with van der Waals surface area (Å²) in [6.45, 7) is 5.91. The fourth-order valence-electron chi connectivity index (χ4n) is 4.10. The van der Waals surface area contributed by atoms with Crippen LogP contribution < -0.4 is 0 Å². The lowest BCUT2D eigenvalue weighted by Crippen LogP contribution is -2.48. The van der Waals surface area contributed by atoms with Gasteiger partial charge in [0.1, 0.15) is 6.04 Å². The summed E-state index contributed by atoms with van der Waals surface area (Å²) in [4.78, 5) is 0. The summed E-state index contributed by atoms with van der Waals surface area (Å²) < 4.78 is 1.14. The number of likely N-dealkylation sites (N-methyl/N-ethyl adjacent to an activating group) is 1. The lowest BCUT2D eigenvalue weighted by Gasteiger charge is -2.38. The Bertz CT molecular complexity index is 357. The molecular weight excluding hydrogens is 302 g/mol. The molecule has 0 aliphatic carbocycles. The van der Waals surface area contributed by atoms with Crippen molar-refractivity contribution in [2.75, 3.05) is 13.6 Å². The van der Waals surface area contributed by atoms with E-state index in [1.807, 2.05) is 0 Å². The summed E-state index contributed by atoms with van der Waals surface area (Å²) in [5.74, 6) is 0. The number of hydrogen-bond acceptors (Lipinski definition) is 0. The molecule has 1 nitrogen and oxygen atoms in total. The molecule has 0 N–H and O–H groups in total. The Balaban J connectivity index is 2.18. The van der Waals surface area contributed by atoms with Crippen molar-refractivity contribution in [1.29, 1.82) is 0 Å². The monoisotopic (exact) mass is 348 g/mol. The summed E-state index contributed by atoms with van der Waals surface area (Å²) in [5.41, 5.74) is 0. The first-order valence-corrected chi connectivity index (χ1v) is 11.4. The van der Waals surface area contributed by atoms with Crippen LogP contribution in [0.25, 0.3) is 0 Å². The van der Waals surface area contributed by atoms with Gasteiger partial charge in [0, 0.05) is 6.42 Å². The molecule has 0 aromatic carbocycles. The average Bonchev–Trinajstić information content (AvgIpc) is 2.62. The molecule has 1 rings (SSSR count). The highest BCUT2D eigenvalue weighted by molar-refractivity contribution is 5.07. The second kappa shape index (κ2) is 14.6. The largest absolute Gasteiger partial charge is 0.294 e. The third kappa shape index (κ3) is 10.2. The molecule has 0 bridgehead atoms. The SMILES string of the molecule is CCCCCCCCCC1C=CC=C[N+]1(C)CCCCCCCCC. The molecule has 1 heteroatoms. The van der Waals surface area contributed by atoms with Crippen LogP contribution in [0.4, 0.5) is 0 Å². The van der Waals surface area contributed by atoms with Gasteiger partial charge in [-0.2, -0.15) is 0 Å². The molecule has 0 aromatic rings. The molecule has 0 aromatic heterocycles. The van der Waals surface area contributed by atoms with Gasteiger partial charge in [0.2, 0.25) is 0 Å². The number of quaternary nitrogens is 1. The summed E-state index contributed by atoms with van der Waals surface area (Å²) >= 11 is 0. The molecule has 2 atom stereocenters. The van der Waals surface area contributed by atoms with Gasteiger partial charge in [0.05, 0.1) is 19.8 Å². The minimum atomic E-state index is 0.709. The lowest BCUT2D eigenvalue weighted by molar-refractivity contribution is -0.879. The molecule has 1 aliphatic heterocycles. The molecule has 0 radical (unpaired) electrons. The van der Waals surface area contributed by atoms with Gasteiger partial charge >= 0.3 is 0 Å². The number of unbranched alkanes of at least 4 members (excludes halogenated alkanes) is 12. The van der Waals surface area contributed by atoms with Crippen LogP contribution in [0.15, 0.2) is 24.4 Å². The van der Waals surface area contributed by atoms with Crippen molar-refractivity contribution in [2.45, 2.75) is 116 Å². The lowest BCUT2D eigenvalue weighted by atomic mass is 10.00. The average molecular weight is 349 g/mol. The maximum atomic E-state index is 2.47. The molecule has 1 aliphatic rings. The van der Waals surface area contributed by atoms with E-state index in [4.69, 9.17) is 0 Å². The molecule has 0 fully saturated rings. The minimum absolute atomic E-state index is 0.709. The quantitative estimate of drug-likeness (QED) is 0.197. The second-order valence-electron chi connectivity index (χ2n) is 8.40. The molecular formula is C24H46N+. The number of hydrogen-bond donors (Lipinski definition) is 0. The highest BCUT2D eigenvalue weighted by Gasteiger charge is 2.29. The highest BCUT2D eigenvalue weighted by atomic mass is 15.3. The summed E-state index contributed by atoms with van der Waals surface area (Å²) in [6, 6.07) is 0.709. The smallest absolute Gasteiger partial charge is 0.112 e. The minimum Gasteiger partial charge on any atom is -0.294 e. The van der Waals surface area contributed by atoms with Crippen LogP contribution in [-0.4, -0.2) is 24.1 Å². The van der Waals surface area contributed by atoms with Crippen LogP contribution in [0.5, 0.6) is 0 Å². The standard InChI is InChI=1S/C24H46N/c1-4-6-8-10-12-14-16-20-24-21-17-19-23-25(24,3)22-18-15-13-11-9-7-5-2/h17,19,21,23-24H,4-16,18,20,22H2,1-3H3/q+1. The first-order valence-electron chi connectivity index (χ1n) is 11.4. The van der Waals surface area contributed by atoms with Crippen molar-refractivity contribution in [1.82, 2.24) is 0 Å². The third-order valence-electron chi connectivity index (χ3n) is 5.98. The van der Waals surface area contributed by atoms with Gasteiger partial charge in [-0.15, -0.1) is 0 Å². The zero-order chi connectivity index (χ0) is 18.2. The van der Waals surface area contributed by atoms with E-state index < -0.39 is 0 Å². The van der Waals surface area contributed by atoms with Gasteiger partial charge in [-0.25, -0.2) is 0 Å². The molecule has 25 heavy (non-hydrogen) atoms. The molecule has 0 spiro atoms. The van der Waals surface area contributed by atoms with Crippen molar-refractivity contribution >= 4 is 0 Å². The normalized spacial score (nSPS) is 22.6. The van der Waals surface area contributed by atoms with E-state index in [0.29, 0.717) is 6.04 Å². The summed E-state index contributed by atoms with van der Waals surface area (Å²) in [7, 11) is 2.45. The molecule has 0 saturated heterocycles. The molecule has 2 unspecified atom stereocenters. The first-order chi connectivity index (χ1) is 12.2. The van der Waals surface area contributed by atoms with Crippen molar-refractivity contribution < 1.29 is 4.48 Å². The molecule has 146 valence electrons. The van der Waals surface area contributed by atoms with Crippen LogP contribution in [-0.2, 0) is 0 Å². The zero-order valence-electron chi connectivity index (χ0n) is 17.6. The Morgan fingerprint density at radius 1 is 0.640 bits per heavy atom. The van der Waals surface area contributed by atoms with E-state index >= 15 is 0 Å². The second-order valence-corrected chi connectivity index (χ2v) is 8.40. The van der Waals surface area contributed by atoms with Gasteiger partial charge in [-0.3, -0.25) is 4.48 Å². The molecule has 1 heterocycles. The van der Waals surface area contributed by atoms with Crippen LogP contribution >= 0.6 is 0 Å². The Morgan fingerprint density at radius 3 is 1.76 bits per heavy atom. The van der Waals surface area contributed by atoms with Gasteiger partial charge in [0.25, 0.3) is 0 Å². The van der Waals surface area contributed by atoms with Gasteiger partial charge in [-0.05, 0) is 31.4 Å². The Labute approximate surface area is 159 Å². The van der Waals surface area contributed by atoms with E-state index in [-0.39, 0.29) is 0 Å². The first kappa shape index (κ1) is 22.5. The Hall–Kier alpha value is -0.560. The summed E-state index contributed by atoms with van der Waals surface area (Å²) in [5, 5.41) is 0. The van der Waals surface area contributed by atoms with Crippen LogP contribution in [0.2, 0.25) is 0 Å². The van der Waals surface area contributed by atoms with E-state index in [9.17, 15) is 0 Å². The highest BCUT2D eigenvalue weighted by Crippen LogP contribution is 2.24. The van der Waals surface area contributed by atoms with Gasteiger partial charge in [-0.1, -0.05) is 90.6 Å². The third-order valence-corrected chi connectivity index (χ3v) is 5.98. The molecule has 0 amide bonds. The van der Waals surface area contributed by atoms with Crippen molar-refractivity contribution in [3.8, 4) is 0 Å². The van der Waals surface area contributed by atoms with E-state index in [2.05, 4.69) is 45.3 Å². The fourth-order valence-corrected chi connectivity index (χ4v) is 4.10. The zero-order valence-corrected chi connectivity index (χ0v) is 17.6. The van der Waals surface area contributed by atoms with E-state index in [1.54, 1.807) is 0 Å². The van der Waals surface area contributed by atoms with Crippen LogP contribution in [0.3, 0.4) is 0 Å². The van der Waals surface area contributed by atoms with E-state index in [0.717, 1.165) is 4.48 Å². The van der Waals surface area contributed by atoms with Gasteiger partial charge < -0.3 is 0 Å². The van der Waals surface area contributed by atoms with Crippen LogP contribution in [0, 0.1) is 0 Å². The Morgan fingerprint density at radius 2 is 1.16 bits per heavy atom.